The number of carbonyl (C=O) groups excluding carboxylic acids is 2. The van der Waals surface area contributed by atoms with Crippen molar-refractivity contribution in [3.05, 3.63) is 102 Å². The maximum Gasteiger partial charge on any atom is 0.244 e. The molecule has 0 bridgehead atoms. The lowest BCUT2D eigenvalue weighted by Crippen LogP contribution is -2.53. The molecule has 1 N–H and O–H groups in total. The van der Waals surface area contributed by atoms with Gasteiger partial charge in [-0.25, -0.2) is 8.42 Å². The number of hydrogen-bond donors (Lipinski definition) is 1. The smallest absolute Gasteiger partial charge is 0.244 e. The Morgan fingerprint density at radius 1 is 0.846 bits per heavy atom. The monoisotopic (exact) mass is 549 g/mol. The zero-order valence-electron chi connectivity index (χ0n) is 23.0. The van der Waals surface area contributed by atoms with Gasteiger partial charge in [-0.3, -0.25) is 13.9 Å². The van der Waals surface area contributed by atoms with E-state index in [0.717, 1.165) is 40.1 Å². The number of nitrogens with zero attached hydrogens (tertiary/aromatic N) is 2. The van der Waals surface area contributed by atoms with Crippen LogP contribution >= 0.6 is 0 Å². The molecule has 1 atom stereocenters. The molecular weight excluding hydrogens is 510 g/mol. The lowest BCUT2D eigenvalue weighted by atomic mass is 10.0. The minimum Gasteiger partial charge on any atom is -0.354 e. The van der Waals surface area contributed by atoms with E-state index in [-0.39, 0.29) is 12.5 Å². The average Bonchev–Trinajstić information content (AvgIpc) is 2.94. The van der Waals surface area contributed by atoms with Gasteiger partial charge in [0.1, 0.15) is 12.6 Å². The van der Waals surface area contributed by atoms with Crippen molar-refractivity contribution in [2.75, 3.05) is 23.7 Å². The number of hydrogen-bond acceptors (Lipinski definition) is 4. The Bertz CT molecular complexity index is 1310. The molecule has 7 nitrogen and oxygen atoms in total. The van der Waals surface area contributed by atoms with Crippen molar-refractivity contribution in [3.8, 4) is 0 Å². The molecule has 2 amide bonds. The van der Waals surface area contributed by atoms with Crippen molar-refractivity contribution in [2.24, 2.45) is 0 Å². The quantitative estimate of drug-likeness (QED) is 0.299. The number of unbranched alkanes of at least 4 members (excludes halogenated alkanes) is 1. The van der Waals surface area contributed by atoms with Crippen molar-refractivity contribution in [1.29, 1.82) is 0 Å². The molecule has 0 saturated heterocycles. The third-order valence-corrected chi connectivity index (χ3v) is 7.74. The minimum absolute atomic E-state index is 0.172. The second-order valence-electron chi connectivity index (χ2n) is 9.61. The first-order valence-corrected chi connectivity index (χ1v) is 15.3. The molecule has 0 saturated carbocycles. The van der Waals surface area contributed by atoms with Crippen LogP contribution < -0.4 is 9.62 Å². The van der Waals surface area contributed by atoms with E-state index < -0.39 is 28.5 Å². The number of amides is 2. The second kappa shape index (κ2) is 14.5. The van der Waals surface area contributed by atoms with Crippen LogP contribution in [0.25, 0.3) is 0 Å². The summed E-state index contributed by atoms with van der Waals surface area (Å²) in [5, 5.41) is 2.99. The first-order chi connectivity index (χ1) is 18.7. The molecule has 1 unspecified atom stereocenters. The Hall–Kier alpha value is -3.65. The Morgan fingerprint density at radius 2 is 1.44 bits per heavy atom. The molecule has 39 heavy (non-hydrogen) atoms. The van der Waals surface area contributed by atoms with E-state index in [1.165, 1.54) is 4.90 Å². The molecule has 0 fully saturated rings. The molecular formula is C31H39N3O4S. The molecule has 3 rings (SSSR count). The molecule has 0 aliphatic rings. The maximum atomic E-state index is 14.1. The van der Waals surface area contributed by atoms with Crippen molar-refractivity contribution in [2.45, 2.75) is 52.1 Å². The molecule has 208 valence electrons. The second-order valence-corrected chi connectivity index (χ2v) is 11.5. The fraction of sp³-hybridized carbons (Fsp3) is 0.355. The zero-order chi connectivity index (χ0) is 28.3. The predicted molar refractivity (Wildman–Crippen MR) is 157 cm³/mol. The van der Waals surface area contributed by atoms with Gasteiger partial charge in [0.05, 0.1) is 11.9 Å². The number of para-hydroxylation sites is 1. The highest BCUT2D eigenvalue weighted by molar-refractivity contribution is 7.92. The first-order valence-electron chi connectivity index (χ1n) is 13.4. The Kier molecular flexibility index (Phi) is 11.1. The lowest BCUT2D eigenvalue weighted by Gasteiger charge is -2.34. The summed E-state index contributed by atoms with van der Waals surface area (Å²) in [7, 11) is -3.79. The molecule has 0 aliphatic heterocycles. The standard InChI is InChI=1S/C31H39N3O4S/c1-4-6-21-32-31(36)29(22-25-15-9-7-10-16-25)33(23-26-17-11-8-12-18-26)30(35)24-34(39(3,37)38)28-20-14-13-19-27(28)5-2/h7-20,29H,4-6,21-24H2,1-3H3,(H,32,36). The Balaban J connectivity index is 2.03. The fourth-order valence-corrected chi connectivity index (χ4v) is 5.37. The summed E-state index contributed by atoms with van der Waals surface area (Å²) in [6.45, 7) is 4.26. The van der Waals surface area contributed by atoms with Crippen LogP contribution in [0.15, 0.2) is 84.9 Å². The number of rotatable bonds is 14. The van der Waals surface area contributed by atoms with Gasteiger partial charge >= 0.3 is 0 Å². The van der Waals surface area contributed by atoms with E-state index in [2.05, 4.69) is 5.32 Å². The van der Waals surface area contributed by atoms with Gasteiger partial charge in [0, 0.05) is 19.5 Å². The van der Waals surface area contributed by atoms with Gasteiger partial charge in [-0.15, -0.1) is 0 Å². The molecule has 0 aromatic heterocycles. The molecule has 3 aromatic rings. The van der Waals surface area contributed by atoms with E-state index in [4.69, 9.17) is 0 Å². The number of anilines is 1. The van der Waals surface area contributed by atoms with Crippen molar-refractivity contribution in [1.82, 2.24) is 10.2 Å². The Morgan fingerprint density at radius 3 is 2.03 bits per heavy atom. The molecule has 8 heteroatoms. The average molecular weight is 550 g/mol. The van der Waals surface area contributed by atoms with E-state index in [1.54, 1.807) is 12.1 Å². The van der Waals surface area contributed by atoms with Gasteiger partial charge < -0.3 is 10.2 Å². The van der Waals surface area contributed by atoms with Crippen LogP contribution in [0.4, 0.5) is 5.69 Å². The molecule has 0 radical (unpaired) electrons. The van der Waals surface area contributed by atoms with Crippen molar-refractivity contribution < 1.29 is 18.0 Å². The van der Waals surface area contributed by atoms with Gasteiger partial charge in [-0.1, -0.05) is 99.1 Å². The Labute approximate surface area is 232 Å². The third kappa shape index (κ3) is 8.68. The highest BCUT2D eigenvalue weighted by atomic mass is 32.2. The molecule has 0 aliphatic carbocycles. The predicted octanol–water partition coefficient (Wildman–Crippen LogP) is 4.57. The summed E-state index contributed by atoms with van der Waals surface area (Å²) in [6.07, 6.45) is 3.78. The first kappa shape index (κ1) is 29.9. The van der Waals surface area contributed by atoms with Crippen LogP contribution in [-0.2, 0) is 39.0 Å². The SMILES string of the molecule is CCCCNC(=O)C(Cc1ccccc1)N(Cc1ccccc1)C(=O)CN(c1ccccc1CC)S(C)(=O)=O. The zero-order valence-corrected chi connectivity index (χ0v) is 23.9. The number of benzene rings is 3. The van der Waals surface area contributed by atoms with Crippen molar-refractivity contribution >= 4 is 27.5 Å². The fourth-order valence-electron chi connectivity index (χ4n) is 4.49. The lowest BCUT2D eigenvalue weighted by molar-refractivity contribution is -0.140. The number of aryl methyl sites for hydroxylation is 1. The van der Waals surface area contributed by atoms with E-state index in [1.807, 2.05) is 86.6 Å². The van der Waals surface area contributed by atoms with Gasteiger partial charge in [-0.2, -0.15) is 0 Å². The van der Waals surface area contributed by atoms with E-state index in [9.17, 15) is 18.0 Å². The normalized spacial score (nSPS) is 12.0. The van der Waals surface area contributed by atoms with Gasteiger partial charge in [0.25, 0.3) is 0 Å². The highest BCUT2D eigenvalue weighted by Crippen LogP contribution is 2.24. The van der Waals surface area contributed by atoms with Crippen LogP contribution in [0, 0.1) is 0 Å². The number of sulfonamides is 1. The molecule has 3 aromatic carbocycles. The minimum atomic E-state index is -3.79. The molecule has 0 heterocycles. The number of carbonyl (C=O) groups is 2. The summed E-state index contributed by atoms with van der Waals surface area (Å²) < 4.78 is 27.1. The summed E-state index contributed by atoms with van der Waals surface area (Å²) >= 11 is 0. The van der Waals surface area contributed by atoms with Crippen LogP contribution in [-0.4, -0.2) is 50.5 Å². The van der Waals surface area contributed by atoms with E-state index in [0.29, 0.717) is 25.1 Å². The van der Waals surface area contributed by atoms with Crippen LogP contribution in [0.5, 0.6) is 0 Å². The molecule has 0 spiro atoms. The highest BCUT2D eigenvalue weighted by Gasteiger charge is 2.33. The van der Waals surface area contributed by atoms with Crippen molar-refractivity contribution in [3.63, 3.8) is 0 Å². The van der Waals surface area contributed by atoms with Gasteiger partial charge in [0.2, 0.25) is 21.8 Å². The van der Waals surface area contributed by atoms with Gasteiger partial charge in [0.15, 0.2) is 0 Å². The number of nitrogens with one attached hydrogen (secondary N) is 1. The van der Waals surface area contributed by atoms with Crippen LogP contribution in [0.2, 0.25) is 0 Å². The van der Waals surface area contributed by atoms with Crippen LogP contribution in [0.1, 0.15) is 43.4 Å². The summed E-state index contributed by atoms with van der Waals surface area (Å²) in [5.74, 6) is -0.696. The largest absolute Gasteiger partial charge is 0.354 e. The van der Waals surface area contributed by atoms with E-state index >= 15 is 0 Å². The maximum absolute atomic E-state index is 14.1. The summed E-state index contributed by atoms with van der Waals surface area (Å²) in [6, 6.07) is 25.4. The summed E-state index contributed by atoms with van der Waals surface area (Å²) in [4.78, 5) is 29.2. The van der Waals surface area contributed by atoms with Crippen LogP contribution in [0.3, 0.4) is 0 Å². The van der Waals surface area contributed by atoms with Gasteiger partial charge in [-0.05, 0) is 35.6 Å². The third-order valence-electron chi connectivity index (χ3n) is 6.62. The topological polar surface area (TPSA) is 86.8 Å². The summed E-state index contributed by atoms with van der Waals surface area (Å²) in [5.41, 5.74) is 3.06.